The molecule has 0 aromatic rings. The molecule has 0 radical (unpaired) electrons. The summed E-state index contributed by atoms with van der Waals surface area (Å²) in [5.41, 5.74) is 0. The molecule has 3 fully saturated rings. The molecule has 24 heavy (non-hydrogen) atoms. The van der Waals surface area contributed by atoms with Crippen LogP contribution in [0.4, 0.5) is 0 Å². The summed E-state index contributed by atoms with van der Waals surface area (Å²) in [6.45, 7) is 4.88. The second-order valence-electron chi connectivity index (χ2n) is 6.66. The monoisotopic (exact) mass is 381 g/mol. The van der Waals surface area contributed by atoms with Crippen LogP contribution in [0.25, 0.3) is 0 Å². The van der Waals surface area contributed by atoms with E-state index in [0.717, 1.165) is 45.4 Å². The van der Waals surface area contributed by atoms with E-state index in [1.807, 2.05) is 4.90 Å². The lowest BCUT2D eigenvalue weighted by atomic mass is 9.98. The quantitative estimate of drug-likeness (QED) is 0.748. The van der Waals surface area contributed by atoms with Crippen molar-refractivity contribution in [1.82, 2.24) is 14.5 Å². The molecule has 0 aromatic heterocycles. The maximum Gasteiger partial charge on any atom is 0.227 e. The first-order valence-corrected chi connectivity index (χ1v) is 10.2. The Balaban J connectivity index is 0.00000208. The van der Waals surface area contributed by atoms with Crippen LogP contribution in [0.3, 0.4) is 0 Å². The second-order valence-corrected chi connectivity index (χ2v) is 8.87. The summed E-state index contributed by atoms with van der Waals surface area (Å²) in [5, 5.41) is 2.79. The third kappa shape index (κ3) is 4.40. The van der Waals surface area contributed by atoms with Crippen molar-refractivity contribution in [2.24, 2.45) is 5.92 Å². The summed E-state index contributed by atoms with van der Waals surface area (Å²) in [6.07, 6.45) is 3.00. The maximum absolute atomic E-state index is 12.8. The lowest BCUT2D eigenvalue weighted by molar-refractivity contribution is -0.137. The van der Waals surface area contributed by atoms with E-state index < -0.39 is 15.3 Å². The molecule has 3 saturated heterocycles. The lowest BCUT2D eigenvalue weighted by Gasteiger charge is -2.37. The molecule has 0 spiro atoms. The summed E-state index contributed by atoms with van der Waals surface area (Å²) in [6, 6.07) is 0. The molecule has 0 aromatic carbocycles. The number of amides is 1. The molecule has 0 aliphatic carbocycles. The smallest absolute Gasteiger partial charge is 0.227 e. The van der Waals surface area contributed by atoms with Crippen LogP contribution < -0.4 is 5.32 Å². The van der Waals surface area contributed by atoms with Gasteiger partial charge in [0.05, 0.1) is 17.8 Å². The highest BCUT2D eigenvalue weighted by molar-refractivity contribution is 7.89. The number of piperazine rings is 1. The van der Waals surface area contributed by atoms with E-state index in [0.29, 0.717) is 26.1 Å². The van der Waals surface area contributed by atoms with Crippen molar-refractivity contribution in [2.45, 2.75) is 30.9 Å². The normalized spacial score (nSPS) is 29.8. The molecular weight excluding hydrogens is 354 g/mol. The van der Waals surface area contributed by atoms with Gasteiger partial charge in [0.15, 0.2) is 0 Å². The second kappa shape index (κ2) is 8.80. The summed E-state index contributed by atoms with van der Waals surface area (Å²) in [4.78, 5) is 14.5. The van der Waals surface area contributed by atoms with Crippen LogP contribution in [0.15, 0.2) is 0 Å². The number of nitrogens with zero attached hydrogens (tertiary/aromatic N) is 2. The summed E-state index contributed by atoms with van der Waals surface area (Å²) < 4.78 is 32.5. The zero-order valence-electron chi connectivity index (χ0n) is 14.0. The number of ether oxygens (including phenoxy) is 1. The van der Waals surface area contributed by atoms with Gasteiger partial charge in [-0.25, -0.2) is 12.7 Å². The topological polar surface area (TPSA) is 79.0 Å². The number of hydrogen-bond acceptors (Lipinski definition) is 5. The minimum atomic E-state index is -3.36. The number of piperidine rings is 1. The molecule has 0 saturated carbocycles. The van der Waals surface area contributed by atoms with E-state index in [4.69, 9.17) is 4.74 Å². The molecule has 1 N–H and O–H groups in total. The molecular formula is C15H28ClN3O4S. The molecule has 3 heterocycles. The van der Waals surface area contributed by atoms with Gasteiger partial charge >= 0.3 is 0 Å². The molecule has 140 valence electrons. The van der Waals surface area contributed by atoms with Crippen LogP contribution in [-0.4, -0.2) is 81.3 Å². The lowest BCUT2D eigenvalue weighted by Crippen LogP contribution is -2.53. The summed E-state index contributed by atoms with van der Waals surface area (Å²) in [7, 11) is -3.36. The van der Waals surface area contributed by atoms with Crippen molar-refractivity contribution in [3.8, 4) is 0 Å². The number of rotatable bonds is 3. The van der Waals surface area contributed by atoms with Crippen LogP contribution in [0.5, 0.6) is 0 Å². The Bertz CT molecular complexity index is 519. The first-order valence-electron chi connectivity index (χ1n) is 8.65. The number of carbonyl (C=O) groups excluding carboxylic acids is 1. The largest absolute Gasteiger partial charge is 0.380 e. The molecule has 7 nitrogen and oxygen atoms in total. The molecule has 1 amide bonds. The molecule has 2 atom stereocenters. The minimum Gasteiger partial charge on any atom is -0.380 e. The maximum atomic E-state index is 12.8. The number of hydrogen-bond donors (Lipinski definition) is 1. The Kier molecular flexibility index (Phi) is 7.30. The first-order chi connectivity index (χ1) is 11.1. The van der Waals surface area contributed by atoms with Gasteiger partial charge in [-0.3, -0.25) is 4.79 Å². The zero-order valence-corrected chi connectivity index (χ0v) is 15.6. The minimum absolute atomic E-state index is 0. The third-order valence-corrected chi connectivity index (χ3v) is 7.33. The predicted molar refractivity (Wildman–Crippen MR) is 93.8 cm³/mol. The number of halogens is 1. The van der Waals surface area contributed by atoms with Gasteiger partial charge in [-0.15, -0.1) is 12.4 Å². The van der Waals surface area contributed by atoms with Crippen molar-refractivity contribution in [3.63, 3.8) is 0 Å². The van der Waals surface area contributed by atoms with E-state index in [1.165, 1.54) is 0 Å². The van der Waals surface area contributed by atoms with E-state index in [-0.39, 0.29) is 30.8 Å². The van der Waals surface area contributed by atoms with Crippen LogP contribution >= 0.6 is 12.4 Å². The Morgan fingerprint density at radius 3 is 2.50 bits per heavy atom. The highest BCUT2D eigenvalue weighted by atomic mass is 35.5. The van der Waals surface area contributed by atoms with Crippen LogP contribution in [0.2, 0.25) is 0 Å². The predicted octanol–water partition coefficient (Wildman–Crippen LogP) is 0.0608. The van der Waals surface area contributed by atoms with Crippen LogP contribution in [-0.2, 0) is 19.6 Å². The third-order valence-electron chi connectivity index (χ3n) is 5.06. The number of sulfonamides is 1. The van der Waals surface area contributed by atoms with Crippen LogP contribution in [0.1, 0.15) is 25.7 Å². The van der Waals surface area contributed by atoms with E-state index in [1.54, 1.807) is 4.31 Å². The van der Waals surface area contributed by atoms with Crippen molar-refractivity contribution in [1.29, 1.82) is 0 Å². The molecule has 3 aliphatic heterocycles. The van der Waals surface area contributed by atoms with Gasteiger partial charge in [0.2, 0.25) is 15.9 Å². The Labute approximate surface area is 150 Å². The van der Waals surface area contributed by atoms with Gasteiger partial charge in [-0.2, -0.15) is 0 Å². The molecule has 3 aliphatic rings. The summed E-state index contributed by atoms with van der Waals surface area (Å²) >= 11 is 0. The number of carbonyl (C=O) groups is 1. The van der Waals surface area contributed by atoms with Crippen molar-refractivity contribution < 1.29 is 17.9 Å². The van der Waals surface area contributed by atoms with Crippen molar-refractivity contribution in [2.75, 3.05) is 52.5 Å². The Morgan fingerprint density at radius 2 is 1.83 bits per heavy atom. The van der Waals surface area contributed by atoms with Crippen molar-refractivity contribution >= 4 is 28.3 Å². The average Bonchev–Trinajstić information content (AvgIpc) is 2.62. The van der Waals surface area contributed by atoms with Gasteiger partial charge < -0.3 is 15.0 Å². The SMILES string of the molecule is Cl.O=C(C1CCCN(S(=O)(=O)C2CCCOC2)C1)N1CCNCC1. The fourth-order valence-electron chi connectivity index (χ4n) is 3.68. The number of nitrogens with one attached hydrogen (secondary N) is 1. The van der Waals surface area contributed by atoms with Crippen LogP contribution in [0, 0.1) is 5.92 Å². The highest BCUT2D eigenvalue weighted by Crippen LogP contribution is 2.26. The van der Waals surface area contributed by atoms with Gasteiger partial charge in [0.1, 0.15) is 0 Å². The molecule has 2 unspecified atom stereocenters. The van der Waals surface area contributed by atoms with Gasteiger partial charge in [-0.05, 0) is 25.7 Å². The van der Waals surface area contributed by atoms with Gasteiger partial charge in [0, 0.05) is 45.9 Å². The van der Waals surface area contributed by atoms with E-state index in [9.17, 15) is 13.2 Å². The Morgan fingerprint density at radius 1 is 1.08 bits per heavy atom. The zero-order chi connectivity index (χ0) is 16.3. The molecule has 3 rings (SSSR count). The first kappa shape index (κ1) is 19.9. The van der Waals surface area contributed by atoms with E-state index in [2.05, 4.69) is 5.32 Å². The van der Waals surface area contributed by atoms with Gasteiger partial charge in [-0.1, -0.05) is 0 Å². The van der Waals surface area contributed by atoms with E-state index >= 15 is 0 Å². The highest BCUT2D eigenvalue weighted by Gasteiger charge is 2.38. The summed E-state index contributed by atoms with van der Waals surface area (Å²) in [5.74, 6) is -0.0765. The standard InChI is InChI=1S/C15H27N3O4S.ClH/c19-15(17-8-5-16-6-9-17)13-3-1-7-18(11-13)23(20,21)14-4-2-10-22-12-14;/h13-14,16H,1-12H2;1H. The average molecular weight is 382 g/mol. The fourth-order valence-corrected chi connectivity index (χ4v) is 5.60. The van der Waals surface area contributed by atoms with Gasteiger partial charge in [0.25, 0.3) is 0 Å². The molecule has 0 bridgehead atoms. The fraction of sp³-hybridized carbons (Fsp3) is 0.933. The molecule has 9 heteroatoms. The van der Waals surface area contributed by atoms with Crippen molar-refractivity contribution in [3.05, 3.63) is 0 Å². The Hall–Kier alpha value is -0.410.